The highest BCUT2D eigenvalue weighted by atomic mass is 19.4. The Balaban J connectivity index is 1.74. The zero-order chi connectivity index (χ0) is 26.5. The molecule has 1 aliphatic heterocycles. The number of pyridine rings is 1. The predicted octanol–water partition coefficient (Wildman–Crippen LogP) is 3.44. The number of likely N-dealkylation sites (N-methyl/N-ethyl adjacent to an activating group) is 1. The van der Waals surface area contributed by atoms with Crippen molar-refractivity contribution in [3.05, 3.63) is 58.9 Å². The number of aliphatic hydroxyl groups excluding tert-OH is 1. The topological polar surface area (TPSA) is 71.9 Å². The van der Waals surface area contributed by atoms with Gasteiger partial charge in [-0.3, -0.25) is 14.7 Å². The fourth-order valence-corrected chi connectivity index (χ4v) is 4.38. The van der Waals surface area contributed by atoms with Crippen LogP contribution in [0.5, 0.6) is 0 Å². The van der Waals surface area contributed by atoms with Gasteiger partial charge in [0.15, 0.2) is 0 Å². The lowest BCUT2D eigenvalue weighted by atomic mass is 9.95. The summed E-state index contributed by atoms with van der Waals surface area (Å²) in [5.74, 6) is 0.0938. The van der Waals surface area contributed by atoms with Crippen molar-refractivity contribution in [2.75, 3.05) is 45.6 Å². The first-order valence-electron chi connectivity index (χ1n) is 12.2. The molecule has 7 nitrogen and oxygen atoms in total. The molecule has 1 atom stereocenters. The molecule has 2 heterocycles. The SMILES string of the molecule is CC(C)CN1Cc2cccc(NCC(=O)N(CCN(C)C)Cc3ncccc3C(F)(F)F)c2CC1O. The number of benzene rings is 1. The van der Waals surface area contributed by atoms with Gasteiger partial charge in [0.25, 0.3) is 0 Å². The number of fused-ring (bicyclic) bond motifs is 1. The number of rotatable bonds is 10. The van der Waals surface area contributed by atoms with Gasteiger partial charge in [-0.1, -0.05) is 26.0 Å². The highest BCUT2D eigenvalue weighted by Crippen LogP contribution is 2.32. The smallest absolute Gasteiger partial charge is 0.378 e. The van der Waals surface area contributed by atoms with Gasteiger partial charge in [-0.2, -0.15) is 13.2 Å². The molecule has 198 valence electrons. The van der Waals surface area contributed by atoms with Crippen molar-refractivity contribution in [3.8, 4) is 0 Å². The molecular weight excluding hydrogens is 471 g/mol. The Labute approximate surface area is 210 Å². The normalized spacial score (nSPS) is 16.3. The fourth-order valence-electron chi connectivity index (χ4n) is 4.38. The number of nitrogens with zero attached hydrogens (tertiary/aromatic N) is 4. The highest BCUT2D eigenvalue weighted by molar-refractivity contribution is 5.81. The van der Waals surface area contributed by atoms with Crippen LogP contribution in [0.2, 0.25) is 0 Å². The van der Waals surface area contributed by atoms with E-state index in [0.29, 0.717) is 25.4 Å². The molecule has 2 aromatic rings. The number of aliphatic hydroxyl groups is 1. The maximum absolute atomic E-state index is 13.5. The van der Waals surface area contributed by atoms with Gasteiger partial charge in [-0.15, -0.1) is 0 Å². The summed E-state index contributed by atoms with van der Waals surface area (Å²) in [7, 11) is 3.68. The van der Waals surface area contributed by atoms with E-state index in [1.165, 1.54) is 17.2 Å². The summed E-state index contributed by atoms with van der Waals surface area (Å²) < 4.78 is 40.5. The Hall–Kier alpha value is -2.69. The molecule has 0 aliphatic carbocycles. The van der Waals surface area contributed by atoms with Crippen LogP contribution in [0.4, 0.5) is 18.9 Å². The first kappa shape index (κ1) is 27.9. The van der Waals surface area contributed by atoms with Crippen molar-refractivity contribution in [2.24, 2.45) is 5.92 Å². The van der Waals surface area contributed by atoms with E-state index in [2.05, 4.69) is 24.1 Å². The van der Waals surface area contributed by atoms with Crippen LogP contribution >= 0.6 is 0 Å². The fraction of sp³-hybridized carbons (Fsp3) is 0.538. The Kier molecular flexibility index (Phi) is 9.32. The van der Waals surface area contributed by atoms with Crippen molar-refractivity contribution in [1.82, 2.24) is 19.7 Å². The third-order valence-electron chi connectivity index (χ3n) is 6.19. The van der Waals surface area contributed by atoms with Crippen molar-refractivity contribution >= 4 is 11.6 Å². The first-order valence-corrected chi connectivity index (χ1v) is 12.2. The third-order valence-corrected chi connectivity index (χ3v) is 6.19. The maximum Gasteiger partial charge on any atom is 0.418 e. The Morgan fingerprint density at radius 1 is 1.22 bits per heavy atom. The molecule has 1 aromatic heterocycles. The molecule has 3 rings (SSSR count). The van der Waals surface area contributed by atoms with Crippen LogP contribution < -0.4 is 5.32 Å². The highest BCUT2D eigenvalue weighted by Gasteiger charge is 2.34. The average Bonchev–Trinajstić information content (AvgIpc) is 2.80. The second-order valence-electron chi connectivity index (χ2n) is 9.92. The summed E-state index contributed by atoms with van der Waals surface area (Å²) in [5.41, 5.74) is 1.79. The lowest BCUT2D eigenvalue weighted by molar-refractivity contribution is -0.140. The van der Waals surface area contributed by atoms with Crippen LogP contribution in [0.25, 0.3) is 0 Å². The molecule has 0 saturated carbocycles. The maximum atomic E-state index is 13.5. The van der Waals surface area contributed by atoms with E-state index in [1.54, 1.807) is 0 Å². The van der Waals surface area contributed by atoms with Crippen molar-refractivity contribution < 1.29 is 23.1 Å². The number of anilines is 1. The third kappa shape index (κ3) is 7.41. The second kappa shape index (κ2) is 12.0. The van der Waals surface area contributed by atoms with Gasteiger partial charge >= 0.3 is 6.18 Å². The van der Waals surface area contributed by atoms with Crippen LogP contribution in [0.3, 0.4) is 0 Å². The van der Waals surface area contributed by atoms with E-state index >= 15 is 0 Å². The number of amides is 1. The number of hydrogen-bond acceptors (Lipinski definition) is 6. The molecule has 0 saturated heterocycles. The summed E-state index contributed by atoms with van der Waals surface area (Å²) >= 11 is 0. The molecule has 1 amide bonds. The van der Waals surface area contributed by atoms with Gasteiger partial charge in [0.2, 0.25) is 5.91 Å². The number of carbonyl (C=O) groups excluding carboxylic acids is 1. The molecule has 0 radical (unpaired) electrons. The van der Waals surface area contributed by atoms with Gasteiger partial charge in [0, 0.05) is 44.5 Å². The van der Waals surface area contributed by atoms with Crippen LogP contribution in [-0.4, -0.2) is 77.2 Å². The molecule has 1 unspecified atom stereocenters. The van der Waals surface area contributed by atoms with Crippen LogP contribution in [0.15, 0.2) is 36.5 Å². The zero-order valence-corrected chi connectivity index (χ0v) is 21.3. The summed E-state index contributed by atoms with van der Waals surface area (Å²) in [6.07, 6.45) is -3.42. The first-order chi connectivity index (χ1) is 17.0. The molecule has 0 fully saturated rings. The van der Waals surface area contributed by atoms with Gasteiger partial charge in [-0.05, 0) is 49.3 Å². The van der Waals surface area contributed by atoms with Gasteiger partial charge in [0.05, 0.1) is 24.3 Å². The molecule has 2 N–H and O–H groups in total. The Morgan fingerprint density at radius 3 is 2.64 bits per heavy atom. The molecule has 1 aromatic carbocycles. The van der Waals surface area contributed by atoms with E-state index in [-0.39, 0.29) is 31.2 Å². The standard InChI is InChI=1S/C26H36F3N5O2/c1-18(2)15-34-16-19-7-5-9-22(20(19)13-24(34)35)31-14-25(36)33(12-11-32(3)4)17-23-21(26(27,28)29)8-6-10-30-23/h5-10,18,24,31,35H,11-17H2,1-4H3. The molecule has 1 aliphatic rings. The molecule has 0 bridgehead atoms. The van der Waals surface area contributed by atoms with E-state index < -0.39 is 18.0 Å². The summed E-state index contributed by atoms with van der Waals surface area (Å²) in [5, 5.41) is 13.8. The van der Waals surface area contributed by atoms with Crippen molar-refractivity contribution in [2.45, 2.75) is 45.8 Å². The summed E-state index contributed by atoms with van der Waals surface area (Å²) in [6, 6.07) is 8.02. The number of nitrogens with one attached hydrogen (secondary N) is 1. The Morgan fingerprint density at radius 2 is 1.97 bits per heavy atom. The monoisotopic (exact) mass is 507 g/mol. The summed E-state index contributed by atoms with van der Waals surface area (Å²) in [4.78, 5) is 22.4. The van der Waals surface area contributed by atoms with Crippen molar-refractivity contribution in [3.63, 3.8) is 0 Å². The van der Waals surface area contributed by atoms with Crippen LogP contribution in [0.1, 0.15) is 36.2 Å². The van der Waals surface area contributed by atoms with Gasteiger partial charge in [0.1, 0.15) is 6.23 Å². The minimum atomic E-state index is -4.55. The molecular formula is C26H36F3N5O2. The van der Waals surface area contributed by atoms with Crippen molar-refractivity contribution in [1.29, 1.82) is 0 Å². The number of alkyl halides is 3. The number of hydrogen-bond donors (Lipinski definition) is 2. The second-order valence-corrected chi connectivity index (χ2v) is 9.92. The number of carbonyl (C=O) groups is 1. The van der Waals surface area contributed by atoms with E-state index in [0.717, 1.165) is 29.4 Å². The molecule has 0 spiro atoms. The van der Waals surface area contributed by atoms with Gasteiger partial charge in [-0.25, -0.2) is 0 Å². The summed E-state index contributed by atoms with van der Waals surface area (Å²) in [6.45, 7) is 6.06. The molecule has 10 heteroatoms. The largest absolute Gasteiger partial charge is 0.418 e. The van der Waals surface area contributed by atoms with E-state index in [4.69, 9.17) is 0 Å². The minimum Gasteiger partial charge on any atom is -0.378 e. The number of aromatic nitrogens is 1. The quantitative estimate of drug-likeness (QED) is 0.514. The predicted molar refractivity (Wildman–Crippen MR) is 133 cm³/mol. The van der Waals surface area contributed by atoms with E-state index in [9.17, 15) is 23.1 Å². The molecule has 36 heavy (non-hydrogen) atoms. The van der Waals surface area contributed by atoms with Crippen LogP contribution in [-0.2, 0) is 30.5 Å². The average molecular weight is 508 g/mol. The Bertz CT molecular complexity index is 1030. The lowest BCUT2D eigenvalue weighted by Crippen LogP contribution is -2.42. The van der Waals surface area contributed by atoms with Gasteiger partial charge < -0.3 is 20.2 Å². The zero-order valence-electron chi connectivity index (χ0n) is 21.3. The van der Waals surface area contributed by atoms with E-state index in [1.807, 2.05) is 42.1 Å². The minimum absolute atomic E-state index is 0.0795. The number of halogens is 3. The lowest BCUT2D eigenvalue weighted by Gasteiger charge is -2.35. The van der Waals surface area contributed by atoms with Crippen LogP contribution in [0, 0.1) is 5.92 Å².